The van der Waals surface area contributed by atoms with Crippen molar-refractivity contribution < 1.29 is 9.42 Å². The number of allylic oxidation sites excluding steroid dienone is 1. The third-order valence-electron chi connectivity index (χ3n) is 0.862. The van der Waals surface area contributed by atoms with E-state index in [1.807, 2.05) is 26.0 Å². The number of rotatable bonds is 5. The SMILES string of the molecule is CC=CCSP(O)(=S)OCC. The Morgan fingerprint density at radius 2 is 2.36 bits per heavy atom. The quantitative estimate of drug-likeness (QED) is 0.560. The molecule has 2 nitrogen and oxygen atoms in total. The van der Waals surface area contributed by atoms with Crippen molar-refractivity contribution in [2.75, 3.05) is 12.4 Å². The van der Waals surface area contributed by atoms with E-state index in [9.17, 15) is 4.89 Å². The Kier molecular flexibility index (Phi) is 6.58. The van der Waals surface area contributed by atoms with Gasteiger partial charge < -0.3 is 9.42 Å². The molecule has 1 unspecified atom stereocenters. The Morgan fingerprint density at radius 3 is 2.82 bits per heavy atom. The van der Waals surface area contributed by atoms with Gasteiger partial charge >= 0.3 is 0 Å². The molecule has 0 aromatic rings. The Hall–Kier alpha value is 0.660. The minimum absolute atomic E-state index is 0.483. The van der Waals surface area contributed by atoms with E-state index in [4.69, 9.17) is 16.3 Å². The Balaban J connectivity index is 3.64. The molecule has 1 atom stereocenters. The molecule has 5 heteroatoms. The summed E-state index contributed by atoms with van der Waals surface area (Å²) in [6.45, 7) is 4.24. The molecule has 0 heterocycles. The molecule has 1 N–H and O–H groups in total. The Labute approximate surface area is 76.9 Å². The third-order valence-corrected chi connectivity index (χ3v) is 5.12. The van der Waals surface area contributed by atoms with Crippen LogP contribution in [0.3, 0.4) is 0 Å². The lowest BCUT2D eigenvalue weighted by Gasteiger charge is -2.11. The van der Waals surface area contributed by atoms with E-state index >= 15 is 0 Å². The summed E-state index contributed by atoms with van der Waals surface area (Å²) in [5.74, 6) is 0.726. The highest BCUT2D eigenvalue weighted by Gasteiger charge is 2.11. The average Bonchev–Trinajstić information content (AvgIpc) is 1.87. The van der Waals surface area contributed by atoms with Crippen LogP contribution in [0.2, 0.25) is 0 Å². The van der Waals surface area contributed by atoms with Gasteiger partial charge in [-0.2, -0.15) is 0 Å². The fraction of sp³-hybridized carbons (Fsp3) is 0.667. The van der Waals surface area contributed by atoms with Crippen LogP contribution in [-0.4, -0.2) is 17.3 Å². The first kappa shape index (κ1) is 11.7. The maximum absolute atomic E-state index is 9.37. The zero-order valence-electron chi connectivity index (χ0n) is 6.69. The normalized spacial score (nSPS) is 17.0. The van der Waals surface area contributed by atoms with Crippen molar-refractivity contribution in [3.05, 3.63) is 12.2 Å². The minimum atomic E-state index is -2.52. The van der Waals surface area contributed by atoms with Crippen molar-refractivity contribution in [1.82, 2.24) is 0 Å². The molecular weight excluding hydrogens is 199 g/mol. The van der Waals surface area contributed by atoms with E-state index in [2.05, 4.69) is 0 Å². The third kappa shape index (κ3) is 7.04. The monoisotopic (exact) mass is 212 g/mol. The van der Waals surface area contributed by atoms with Crippen molar-refractivity contribution in [2.45, 2.75) is 13.8 Å². The highest BCUT2D eigenvalue weighted by atomic mass is 32.9. The van der Waals surface area contributed by atoms with Gasteiger partial charge in [-0.1, -0.05) is 23.5 Å². The van der Waals surface area contributed by atoms with E-state index in [1.165, 1.54) is 11.4 Å². The van der Waals surface area contributed by atoms with Gasteiger partial charge in [-0.25, -0.2) is 0 Å². The molecular formula is C6H13O2PS2. The minimum Gasteiger partial charge on any atom is -0.337 e. The second-order valence-electron chi connectivity index (χ2n) is 1.75. The predicted octanol–water partition coefficient (Wildman–Crippen LogP) is 2.55. The topological polar surface area (TPSA) is 29.5 Å². The van der Waals surface area contributed by atoms with E-state index < -0.39 is 5.69 Å². The fourth-order valence-electron chi connectivity index (χ4n) is 0.434. The van der Waals surface area contributed by atoms with E-state index in [0.717, 1.165) is 5.75 Å². The lowest BCUT2D eigenvalue weighted by Crippen LogP contribution is -1.84. The van der Waals surface area contributed by atoms with Crippen molar-refractivity contribution in [2.24, 2.45) is 0 Å². The van der Waals surface area contributed by atoms with E-state index in [0.29, 0.717) is 6.61 Å². The molecule has 0 aromatic carbocycles. The van der Waals surface area contributed by atoms with Gasteiger partial charge in [-0.05, 0) is 25.7 Å². The summed E-state index contributed by atoms with van der Waals surface area (Å²) in [6.07, 6.45) is 3.87. The van der Waals surface area contributed by atoms with Crippen molar-refractivity contribution in [3.63, 3.8) is 0 Å². The second kappa shape index (κ2) is 6.21. The van der Waals surface area contributed by atoms with Crippen molar-refractivity contribution in [1.29, 1.82) is 0 Å². The molecule has 0 amide bonds. The van der Waals surface area contributed by atoms with E-state index in [1.54, 1.807) is 0 Å². The summed E-state index contributed by atoms with van der Waals surface area (Å²) >= 11 is 6.13. The van der Waals surface area contributed by atoms with Crippen LogP contribution < -0.4 is 0 Å². The van der Waals surface area contributed by atoms with Gasteiger partial charge in [0.25, 0.3) is 0 Å². The van der Waals surface area contributed by atoms with Gasteiger partial charge in [0, 0.05) is 5.75 Å². The standard InChI is InChI=1S/C6H13O2PS2/c1-3-5-6-11-9(7,10)8-4-2/h3,5H,4,6H2,1-2H3,(H,7,10). The first-order valence-electron chi connectivity index (χ1n) is 3.35. The van der Waals surface area contributed by atoms with Gasteiger partial charge in [0.1, 0.15) is 0 Å². The molecule has 11 heavy (non-hydrogen) atoms. The number of hydrogen-bond donors (Lipinski definition) is 1. The first-order valence-corrected chi connectivity index (χ1v) is 7.61. The van der Waals surface area contributed by atoms with E-state index in [-0.39, 0.29) is 0 Å². The largest absolute Gasteiger partial charge is 0.337 e. The second-order valence-corrected chi connectivity index (χ2v) is 7.98. The van der Waals surface area contributed by atoms with Crippen molar-refractivity contribution >= 4 is 28.9 Å². The van der Waals surface area contributed by atoms with Gasteiger partial charge in [0.05, 0.1) is 6.61 Å². The molecule has 0 aliphatic carbocycles. The molecule has 0 saturated carbocycles. The number of hydrogen-bond acceptors (Lipinski definition) is 3. The summed E-state index contributed by atoms with van der Waals surface area (Å²) in [4.78, 5) is 9.37. The Morgan fingerprint density at radius 1 is 1.73 bits per heavy atom. The molecule has 0 aliphatic heterocycles. The van der Waals surface area contributed by atoms with Crippen LogP contribution >= 0.6 is 17.1 Å². The van der Waals surface area contributed by atoms with Crippen LogP contribution in [0.25, 0.3) is 0 Å². The van der Waals surface area contributed by atoms with Gasteiger partial charge in [-0.3, -0.25) is 0 Å². The molecule has 0 bridgehead atoms. The zero-order valence-corrected chi connectivity index (χ0v) is 9.22. The van der Waals surface area contributed by atoms with Crippen LogP contribution in [0.1, 0.15) is 13.8 Å². The molecule has 0 rings (SSSR count). The summed E-state index contributed by atoms with van der Waals surface area (Å²) < 4.78 is 4.99. The molecule has 0 radical (unpaired) electrons. The van der Waals surface area contributed by atoms with Crippen LogP contribution in [0, 0.1) is 0 Å². The predicted molar refractivity (Wildman–Crippen MR) is 55.4 cm³/mol. The smallest absolute Gasteiger partial charge is 0.245 e. The summed E-state index contributed by atoms with van der Waals surface area (Å²) in [6, 6.07) is 0. The summed E-state index contributed by atoms with van der Waals surface area (Å²) in [7, 11) is 0. The van der Waals surface area contributed by atoms with Crippen LogP contribution in [0.5, 0.6) is 0 Å². The first-order chi connectivity index (χ1) is 5.12. The Bertz CT molecular complexity index is 170. The molecule has 0 aromatic heterocycles. The average molecular weight is 212 g/mol. The van der Waals surface area contributed by atoms with Crippen LogP contribution in [-0.2, 0) is 16.3 Å². The van der Waals surface area contributed by atoms with Crippen LogP contribution in [0.4, 0.5) is 0 Å². The molecule has 0 saturated heterocycles. The molecule has 0 aliphatic rings. The zero-order chi connectivity index (χ0) is 8.74. The van der Waals surface area contributed by atoms with Crippen molar-refractivity contribution in [3.8, 4) is 0 Å². The highest BCUT2D eigenvalue weighted by Crippen LogP contribution is 2.55. The maximum atomic E-state index is 9.37. The van der Waals surface area contributed by atoms with Gasteiger partial charge in [0.2, 0.25) is 5.69 Å². The summed E-state index contributed by atoms with van der Waals surface area (Å²) in [5.41, 5.74) is -2.52. The van der Waals surface area contributed by atoms with Crippen LogP contribution in [0.15, 0.2) is 12.2 Å². The van der Waals surface area contributed by atoms with Gasteiger partial charge in [0.15, 0.2) is 0 Å². The maximum Gasteiger partial charge on any atom is 0.245 e. The van der Waals surface area contributed by atoms with Gasteiger partial charge in [-0.15, -0.1) is 0 Å². The lowest BCUT2D eigenvalue weighted by atomic mass is 10.6. The summed E-state index contributed by atoms with van der Waals surface area (Å²) in [5, 5.41) is 0. The molecule has 0 fully saturated rings. The molecule has 0 spiro atoms. The molecule has 66 valence electrons. The lowest BCUT2D eigenvalue weighted by molar-refractivity contribution is 0.341. The highest BCUT2D eigenvalue weighted by molar-refractivity contribution is 8.67. The fourth-order valence-corrected chi connectivity index (χ4v) is 3.53.